The lowest BCUT2D eigenvalue weighted by atomic mass is 9.79. The van der Waals surface area contributed by atoms with Crippen molar-refractivity contribution in [1.29, 1.82) is 0 Å². The number of aromatic nitrogens is 2. The first-order valence-electron chi connectivity index (χ1n) is 8.84. The van der Waals surface area contributed by atoms with Gasteiger partial charge in [0.2, 0.25) is 0 Å². The van der Waals surface area contributed by atoms with Crippen LogP contribution < -0.4 is 10.6 Å². The molecule has 1 aromatic heterocycles. The second-order valence-electron chi connectivity index (χ2n) is 6.87. The number of methoxy groups -OCH3 is 1. The van der Waals surface area contributed by atoms with E-state index in [4.69, 9.17) is 4.74 Å². The number of rotatable bonds is 6. The Kier molecular flexibility index (Phi) is 7.35. The molecule has 0 radical (unpaired) electrons. The van der Waals surface area contributed by atoms with Crippen LogP contribution in [0.15, 0.2) is 30.5 Å². The van der Waals surface area contributed by atoms with Gasteiger partial charge in [0.25, 0.3) is 5.91 Å². The Balaban J connectivity index is 0.00000261. The molecule has 2 heterocycles. The molecule has 0 saturated carbocycles. The number of ether oxygens (including phenoxy) is 1. The maximum absolute atomic E-state index is 14.0. The number of piperidine rings is 1. The molecule has 0 unspecified atom stereocenters. The van der Waals surface area contributed by atoms with Crippen LogP contribution in [0, 0.1) is 18.2 Å². The van der Waals surface area contributed by atoms with E-state index in [-0.39, 0.29) is 29.5 Å². The minimum absolute atomic E-state index is 0. The fourth-order valence-electron chi connectivity index (χ4n) is 3.50. The molecule has 1 aromatic carbocycles. The van der Waals surface area contributed by atoms with Crippen LogP contribution in [-0.4, -0.2) is 49.0 Å². The van der Waals surface area contributed by atoms with Crippen molar-refractivity contribution in [3.63, 3.8) is 0 Å². The largest absolute Gasteiger partial charge is 0.384 e. The number of carbonyl (C=O) groups is 1. The zero-order valence-electron chi connectivity index (χ0n) is 15.6. The Morgan fingerprint density at radius 1 is 1.37 bits per heavy atom. The molecule has 1 saturated heterocycles. The lowest BCUT2D eigenvalue weighted by molar-refractivity contribution is 0.0511. The maximum atomic E-state index is 14.0. The van der Waals surface area contributed by atoms with Crippen molar-refractivity contribution in [1.82, 2.24) is 20.4 Å². The molecular formula is C19H26ClFN4O2. The van der Waals surface area contributed by atoms with E-state index in [2.05, 4.69) is 15.7 Å². The molecular weight excluding hydrogens is 371 g/mol. The summed E-state index contributed by atoms with van der Waals surface area (Å²) in [5.41, 5.74) is 1.34. The molecule has 2 aromatic rings. The van der Waals surface area contributed by atoms with Gasteiger partial charge in [-0.1, -0.05) is 12.1 Å². The quantitative estimate of drug-likeness (QED) is 0.787. The van der Waals surface area contributed by atoms with Gasteiger partial charge in [-0.25, -0.2) is 9.07 Å². The molecule has 148 valence electrons. The number of hydrogen-bond donors (Lipinski definition) is 2. The summed E-state index contributed by atoms with van der Waals surface area (Å²) in [6, 6.07) is 6.38. The summed E-state index contributed by atoms with van der Waals surface area (Å²) in [6.45, 7) is 4.77. The minimum atomic E-state index is -0.376. The normalized spacial score (nSPS) is 15.8. The van der Waals surface area contributed by atoms with Crippen LogP contribution in [0.4, 0.5) is 4.39 Å². The third-order valence-corrected chi connectivity index (χ3v) is 5.07. The highest BCUT2D eigenvalue weighted by atomic mass is 35.5. The van der Waals surface area contributed by atoms with E-state index in [0.717, 1.165) is 25.9 Å². The Labute approximate surface area is 164 Å². The van der Waals surface area contributed by atoms with Crippen molar-refractivity contribution >= 4 is 18.3 Å². The van der Waals surface area contributed by atoms with Gasteiger partial charge in [0.05, 0.1) is 24.1 Å². The van der Waals surface area contributed by atoms with Crippen molar-refractivity contribution in [3.8, 4) is 5.69 Å². The standard InChI is InChI=1S/C19H25FN4O2.ClH/c1-14-15(11-23-24(14)17-6-4-3-5-16(17)20)18(25)22-12-19(13-26-2)7-9-21-10-8-19;/h3-6,11,21H,7-10,12-13H2,1-2H3,(H,22,25);1H. The number of amides is 1. The smallest absolute Gasteiger partial charge is 0.254 e. The number of para-hydroxylation sites is 1. The SMILES string of the molecule is COCC1(CNC(=O)c2cnn(-c3ccccc3F)c2C)CCNCC1.Cl. The molecule has 0 bridgehead atoms. The number of nitrogens with zero attached hydrogens (tertiary/aromatic N) is 2. The first-order valence-corrected chi connectivity index (χ1v) is 8.84. The summed E-state index contributed by atoms with van der Waals surface area (Å²) < 4.78 is 20.9. The van der Waals surface area contributed by atoms with E-state index in [1.807, 2.05) is 0 Å². The lowest BCUT2D eigenvalue weighted by Gasteiger charge is -2.37. The van der Waals surface area contributed by atoms with Crippen LogP contribution in [-0.2, 0) is 4.74 Å². The Morgan fingerprint density at radius 2 is 2.07 bits per heavy atom. The van der Waals surface area contributed by atoms with Crippen LogP contribution in [0.2, 0.25) is 0 Å². The van der Waals surface area contributed by atoms with Gasteiger partial charge in [0.15, 0.2) is 0 Å². The van der Waals surface area contributed by atoms with E-state index >= 15 is 0 Å². The predicted molar refractivity (Wildman–Crippen MR) is 104 cm³/mol. The van der Waals surface area contributed by atoms with Gasteiger partial charge in [0.1, 0.15) is 11.5 Å². The molecule has 1 fully saturated rings. The van der Waals surface area contributed by atoms with Crippen molar-refractivity contribution in [2.24, 2.45) is 5.41 Å². The zero-order valence-corrected chi connectivity index (χ0v) is 16.4. The molecule has 1 aliphatic rings. The van der Waals surface area contributed by atoms with Gasteiger partial charge in [-0.05, 0) is 45.0 Å². The maximum Gasteiger partial charge on any atom is 0.254 e. The van der Waals surface area contributed by atoms with Crippen molar-refractivity contribution in [2.45, 2.75) is 19.8 Å². The Bertz CT molecular complexity index is 769. The van der Waals surface area contributed by atoms with Crippen molar-refractivity contribution in [3.05, 3.63) is 47.5 Å². The Morgan fingerprint density at radius 3 is 2.74 bits per heavy atom. The van der Waals surface area contributed by atoms with Crippen LogP contribution in [0.25, 0.3) is 5.69 Å². The van der Waals surface area contributed by atoms with Crippen LogP contribution in [0.5, 0.6) is 0 Å². The second-order valence-corrected chi connectivity index (χ2v) is 6.87. The van der Waals surface area contributed by atoms with Crippen LogP contribution in [0.1, 0.15) is 28.9 Å². The molecule has 0 aliphatic carbocycles. The van der Waals surface area contributed by atoms with Gasteiger partial charge in [0, 0.05) is 19.1 Å². The van der Waals surface area contributed by atoms with Gasteiger partial charge < -0.3 is 15.4 Å². The summed E-state index contributed by atoms with van der Waals surface area (Å²) in [7, 11) is 1.69. The average molecular weight is 397 g/mol. The van der Waals surface area contributed by atoms with Crippen LogP contribution in [0.3, 0.4) is 0 Å². The molecule has 1 amide bonds. The van der Waals surface area contributed by atoms with E-state index in [1.54, 1.807) is 32.2 Å². The van der Waals surface area contributed by atoms with Crippen LogP contribution >= 0.6 is 12.4 Å². The third-order valence-electron chi connectivity index (χ3n) is 5.07. The molecule has 3 rings (SSSR count). The van der Waals surface area contributed by atoms with E-state index in [1.165, 1.54) is 16.9 Å². The van der Waals surface area contributed by atoms with E-state index in [0.29, 0.717) is 30.1 Å². The fraction of sp³-hybridized carbons (Fsp3) is 0.474. The van der Waals surface area contributed by atoms with Crippen molar-refractivity contribution < 1.29 is 13.9 Å². The number of hydrogen-bond acceptors (Lipinski definition) is 4. The van der Waals surface area contributed by atoms with E-state index in [9.17, 15) is 9.18 Å². The number of halogens is 2. The van der Waals surface area contributed by atoms with E-state index < -0.39 is 0 Å². The highest BCUT2D eigenvalue weighted by Crippen LogP contribution is 2.28. The molecule has 27 heavy (non-hydrogen) atoms. The molecule has 0 spiro atoms. The first kappa shape index (κ1) is 21.3. The highest BCUT2D eigenvalue weighted by Gasteiger charge is 2.33. The molecule has 1 aliphatic heterocycles. The molecule has 6 nitrogen and oxygen atoms in total. The minimum Gasteiger partial charge on any atom is -0.384 e. The molecule has 2 N–H and O–H groups in total. The second kappa shape index (κ2) is 9.30. The monoisotopic (exact) mass is 396 g/mol. The summed E-state index contributed by atoms with van der Waals surface area (Å²) >= 11 is 0. The fourth-order valence-corrected chi connectivity index (χ4v) is 3.50. The van der Waals surface area contributed by atoms with Gasteiger partial charge in [-0.3, -0.25) is 4.79 Å². The van der Waals surface area contributed by atoms with Gasteiger partial charge in [-0.2, -0.15) is 5.10 Å². The predicted octanol–water partition coefficient (Wildman–Crippen LogP) is 2.49. The topological polar surface area (TPSA) is 68.2 Å². The zero-order chi connectivity index (χ0) is 18.6. The summed E-state index contributed by atoms with van der Waals surface area (Å²) in [6.07, 6.45) is 3.39. The summed E-state index contributed by atoms with van der Waals surface area (Å²) in [4.78, 5) is 12.7. The highest BCUT2D eigenvalue weighted by molar-refractivity contribution is 5.95. The van der Waals surface area contributed by atoms with Crippen molar-refractivity contribution in [2.75, 3.05) is 33.4 Å². The summed E-state index contributed by atoms with van der Waals surface area (Å²) in [5, 5.41) is 10.6. The average Bonchev–Trinajstić information content (AvgIpc) is 3.03. The Hall–Kier alpha value is -1.96. The number of benzene rings is 1. The lowest BCUT2D eigenvalue weighted by Crippen LogP contribution is -2.47. The molecule has 0 atom stereocenters. The third kappa shape index (κ3) is 4.66. The van der Waals surface area contributed by atoms with Gasteiger partial charge in [-0.15, -0.1) is 12.4 Å². The first-order chi connectivity index (χ1) is 12.6. The number of nitrogens with one attached hydrogen (secondary N) is 2. The molecule has 8 heteroatoms. The summed E-state index contributed by atoms with van der Waals surface area (Å²) in [5.74, 6) is -0.571. The van der Waals surface area contributed by atoms with Gasteiger partial charge >= 0.3 is 0 Å². The number of carbonyl (C=O) groups excluding carboxylic acids is 1.